The molecule has 0 spiro atoms. The number of ether oxygens (including phenoxy) is 1. The van der Waals surface area contributed by atoms with Crippen LogP contribution in [0.4, 0.5) is 22.7 Å². The number of hydrogen-bond donors (Lipinski definition) is 1. The summed E-state index contributed by atoms with van der Waals surface area (Å²) in [7, 11) is 1.34. The molecule has 2 aromatic carbocycles. The van der Waals surface area contributed by atoms with E-state index in [-0.39, 0.29) is 36.0 Å². The smallest absolute Gasteiger partial charge is 0.273 e. The van der Waals surface area contributed by atoms with E-state index in [0.717, 1.165) is 0 Å². The van der Waals surface area contributed by atoms with Crippen LogP contribution in [0.3, 0.4) is 0 Å². The Balaban J connectivity index is 1.73. The molecule has 11 heteroatoms. The van der Waals surface area contributed by atoms with Crippen molar-refractivity contribution in [2.75, 3.05) is 23.9 Å². The van der Waals surface area contributed by atoms with Gasteiger partial charge in [-0.3, -0.25) is 29.8 Å². The highest BCUT2D eigenvalue weighted by molar-refractivity contribution is 6.04. The molecule has 29 heavy (non-hydrogen) atoms. The zero-order valence-electron chi connectivity index (χ0n) is 15.2. The van der Waals surface area contributed by atoms with Crippen molar-refractivity contribution in [3.8, 4) is 5.75 Å². The van der Waals surface area contributed by atoms with Crippen molar-refractivity contribution >= 4 is 34.6 Å². The third kappa shape index (κ3) is 4.13. The Bertz CT molecular complexity index is 990. The highest BCUT2D eigenvalue weighted by atomic mass is 16.6. The van der Waals surface area contributed by atoms with Gasteiger partial charge in [-0.1, -0.05) is 0 Å². The van der Waals surface area contributed by atoms with E-state index in [9.17, 15) is 29.8 Å². The van der Waals surface area contributed by atoms with Crippen molar-refractivity contribution in [1.82, 2.24) is 0 Å². The number of nitrogens with zero attached hydrogens (tertiary/aromatic N) is 3. The molecular formula is C18H16N4O7. The molecule has 150 valence electrons. The molecule has 0 saturated carbocycles. The van der Waals surface area contributed by atoms with E-state index in [2.05, 4.69) is 5.32 Å². The number of carbonyl (C=O) groups is 2. The fourth-order valence-corrected chi connectivity index (χ4v) is 3.03. The third-order valence-electron chi connectivity index (χ3n) is 4.51. The number of non-ortho nitro benzene ring substituents is 2. The second-order valence-electron chi connectivity index (χ2n) is 6.31. The topological polar surface area (TPSA) is 145 Å². The summed E-state index contributed by atoms with van der Waals surface area (Å²) >= 11 is 0. The second kappa shape index (κ2) is 7.92. The quantitative estimate of drug-likeness (QED) is 0.579. The molecule has 3 rings (SSSR count). The molecule has 0 aromatic heterocycles. The predicted octanol–water partition coefficient (Wildman–Crippen LogP) is 2.50. The summed E-state index contributed by atoms with van der Waals surface area (Å²) in [5.74, 6) is -1.22. The van der Waals surface area contributed by atoms with E-state index in [4.69, 9.17) is 4.74 Å². The monoisotopic (exact) mass is 400 g/mol. The molecule has 0 radical (unpaired) electrons. The van der Waals surface area contributed by atoms with E-state index in [1.54, 1.807) is 0 Å². The summed E-state index contributed by atoms with van der Waals surface area (Å²) in [5, 5.41) is 24.2. The molecule has 1 atom stereocenters. The SMILES string of the molecule is COc1cc([N+](=O)[O-])ccc1N1C[C@H](C(=O)Nc2ccc([N+](=O)[O-])cc2)CC1=O. The van der Waals surface area contributed by atoms with Crippen LogP contribution in [-0.4, -0.2) is 35.3 Å². The number of amides is 2. The first-order chi connectivity index (χ1) is 13.8. The molecule has 11 nitrogen and oxygen atoms in total. The third-order valence-corrected chi connectivity index (χ3v) is 4.51. The van der Waals surface area contributed by atoms with Crippen LogP contribution in [0.5, 0.6) is 5.75 Å². The standard InChI is InChI=1S/C18H16N4O7/c1-29-16-9-14(22(27)28)6-7-15(16)20-10-11(8-17(20)23)18(24)19-12-2-4-13(5-3-12)21(25)26/h2-7,9,11H,8,10H2,1H3,(H,19,24)/t11-/m1/s1. The Hall–Kier alpha value is -4.02. The minimum absolute atomic E-state index is 0.0427. The first-order valence-electron chi connectivity index (χ1n) is 8.48. The normalized spacial score (nSPS) is 15.8. The van der Waals surface area contributed by atoms with Crippen molar-refractivity contribution in [3.63, 3.8) is 0 Å². The van der Waals surface area contributed by atoms with Crippen molar-refractivity contribution in [2.45, 2.75) is 6.42 Å². The first kappa shape index (κ1) is 19.7. The highest BCUT2D eigenvalue weighted by Gasteiger charge is 2.36. The van der Waals surface area contributed by atoms with Gasteiger partial charge in [0.15, 0.2) is 0 Å². The molecule has 2 amide bonds. The Morgan fingerprint density at radius 2 is 1.72 bits per heavy atom. The summed E-state index contributed by atoms with van der Waals surface area (Å²) in [5.41, 5.74) is 0.438. The fourth-order valence-electron chi connectivity index (χ4n) is 3.03. The molecule has 2 aromatic rings. The molecule has 0 unspecified atom stereocenters. The van der Waals surface area contributed by atoms with Crippen LogP contribution in [0, 0.1) is 26.1 Å². The molecule has 1 saturated heterocycles. The Morgan fingerprint density at radius 1 is 1.10 bits per heavy atom. The molecule has 1 fully saturated rings. The molecule has 1 N–H and O–H groups in total. The maximum Gasteiger partial charge on any atom is 0.273 e. The van der Waals surface area contributed by atoms with Gasteiger partial charge in [-0.15, -0.1) is 0 Å². The van der Waals surface area contributed by atoms with E-state index < -0.39 is 21.7 Å². The number of benzene rings is 2. The van der Waals surface area contributed by atoms with E-state index in [1.165, 1.54) is 54.5 Å². The number of nitro benzene ring substituents is 2. The predicted molar refractivity (Wildman–Crippen MR) is 102 cm³/mol. The lowest BCUT2D eigenvalue weighted by Crippen LogP contribution is -2.28. The van der Waals surface area contributed by atoms with Gasteiger partial charge in [0.2, 0.25) is 11.8 Å². The van der Waals surface area contributed by atoms with Crippen LogP contribution in [0.25, 0.3) is 0 Å². The maximum atomic E-state index is 12.5. The maximum absolute atomic E-state index is 12.5. The summed E-state index contributed by atoms with van der Waals surface area (Å²) in [6.45, 7) is 0.0752. The van der Waals surface area contributed by atoms with E-state index in [0.29, 0.717) is 11.4 Å². The molecule has 0 bridgehead atoms. The zero-order chi connectivity index (χ0) is 21.1. The molecule has 0 aliphatic carbocycles. The van der Waals surface area contributed by atoms with Crippen LogP contribution >= 0.6 is 0 Å². The summed E-state index contributed by atoms with van der Waals surface area (Å²) in [6, 6.07) is 9.23. The summed E-state index contributed by atoms with van der Waals surface area (Å²) < 4.78 is 5.16. The minimum Gasteiger partial charge on any atom is -0.494 e. The van der Waals surface area contributed by atoms with Crippen LogP contribution in [0.1, 0.15) is 6.42 Å². The molecule has 1 heterocycles. The van der Waals surface area contributed by atoms with Crippen LogP contribution < -0.4 is 15.0 Å². The largest absolute Gasteiger partial charge is 0.494 e. The Labute approximate surface area is 164 Å². The van der Waals surface area contributed by atoms with Gasteiger partial charge in [0.1, 0.15) is 5.75 Å². The zero-order valence-corrected chi connectivity index (χ0v) is 15.2. The number of methoxy groups -OCH3 is 1. The van der Waals surface area contributed by atoms with Gasteiger partial charge >= 0.3 is 0 Å². The van der Waals surface area contributed by atoms with Crippen LogP contribution in [0.15, 0.2) is 42.5 Å². The summed E-state index contributed by atoms with van der Waals surface area (Å²) in [4.78, 5) is 46.8. The van der Waals surface area contributed by atoms with Gasteiger partial charge in [-0.05, 0) is 18.2 Å². The number of anilines is 2. The van der Waals surface area contributed by atoms with Gasteiger partial charge in [0, 0.05) is 36.9 Å². The van der Waals surface area contributed by atoms with Gasteiger partial charge in [0.25, 0.3) is 11.4 Å². The fraction of sp³-hybridized carbons (Fsp3) is 0.222. The Kier molecular flexibility index (Phi) is 5.39. The van der Waals surface area contributed by atoms with Crippen molar-refractivity contribution in [1.29, 1.82) is 0 Å². The minimum atomic E-state index is -0.655. The number of hydrogen-bond acceptors (Lipinski definition) is 7. The average molecular weight is 400 g/mol. The number of nitro groups is 2. The van der Waals surface area contributed by atoms with E-state index >= 15 is 0 Å². The Morgan fingerprint density at radius 3 is 2.31 bits per heavy atom. The van der Waals surface area contributed by atoms with Crippen LogP contribution in [-0.2, 0) is 9.59 Å². The van der Waals surface area contributed by atoms with Gasteiger partial charge in [-0.25, -0.2) is 0 Å². The van der Waals surface area contributed by atoms with Gasteiger partial charge in [0.05, 0.1) is 34.6 Å². The van der Waals surface area contributed by atoms with Crippen molar-refractivity contribution in [2.24, 2.45) is 5.92 Å². The molecule has 1 aliphatic rings. The lowest BCUT2D eigenvalue weighted by Gasteiger charge is -2.19. The summed E-state index contributed by atoms with van der Waals surface area (Å²) in [6.07, 6.45) is -0.0427. The first-order valence-corrected chi connectivity index (χ1v) is 8.48. The number of carbonyl (C=O) groups excluding carboxylic acids is 2. The van der Waals surface area contributed by atoms with Crippen LogP contribution in [0.2, 0.25) is 0 Å². The molecule has 1 aliphatic heterocycles. The van der Waals surface area contributed by atoms with E-state index in [1.807, 2.05) is 0 Å². The molecular weight excluding hydrogens is 384 g/mol. The lowest BCUT2D eigenvalue weighted by molar-refractivity contribution is -0.385. The highest BCUT2D eigenvalue weighted by Crippen LogP contribution is 2.36. The number of nitrogens with one attached hydrogen (secondary N) is 1. The van der Waals surface area contributed by atoms with Gasteiger partial charge < -0.3 is 15.0 Å². The van der Waals surface area contributed by atoms with Crippen molar-refractivity contribution < 1.29 is 24.2 Å². The number of rotatable bonds is 6. The van der Waals surface area contributed by atoms with Gasteiger partial charge in [-0.2, -0.15) is 0 Å². The van der Waals surface area contributed by atoms with Crippen molar-refractivity contribution in [3.05, 3.63) is 62.7 Å². The lowest BCUT2D eigenvalue weighted by atomic mass is 10.1. The average Bonchev–Trinajstić information content (AvgIpc) is 3.09. The second-order valence-corrected chi connectivity index (χ2v) is 6.31.